The molecule has 0 saturated carbocycles. The molecule has 1 aromatic carbocycles. The van der Waals surface area contributed by atoms with E-state index < -0.39 is 6.17 Å². The number of hydrogen-bond acceptors (Lipinski definition) is 5. The van der Waals surface area contributed by atoms with Gasteiger partial charge in [-0.2, -0.15) is 0 Å². The summed E-state index contributed by atoms with van der Waals surface area (Å²) in [6.07, 6.45) is 4.61. The van der Waals surface area contributed by atoms with Crippen LogP contribution in [0.1, 0.15) is 18.7 Å². The number of thioether (sulfide) groups is 1. The van der Waals surface area contributed by atoms with Crippen molar-refractivity contribution in [1.29, 1.82) is 0 Å². The average molecular weight is 366 g/mol. The maximum atomic E-state index is 12.8. The van der Waals surface area contributed by atoms with Crippen LogP contribution in [0.25, 0.3) is 11.3 Å². The Morgan fingerprint density at radius 3 is 2.77 bits per heavy atom. The van der Waals surface area contributed by atoms with Gasteiger partial charge in [0.15, 0.2) is 0 Å². The number of aromatic amines is 1. The third kappa shape index (κ3) is 2.50. The summed E-state index contributed by atoms with van der Waals surface area (Å²) in [6, 6.07) is 11.0. The number of rotatable bonds is 2. The van der Waals surface area contributed by atoms with Gasteiger partial charge in [-0.25, -0.2) is 4.90 Å². The second-order valence-corrected chi connectivity index (χ2v) is 6.62. The number of fused-ring (bicyclic) bond motifs is 3. The fourth-order valence-corrected chi connectivity index (χ4v) is 3.60. The van der Waals surface area contributed by atoms with Crippen molar-refractivity contribution in [1.82, 2.24) is 15.1 Å². The summed E-state index contributed by atoms with van der Waals surface area (Å²) in [5, 5.41) is 5.07. The lowest BCUT2D eigenvalue weighted by Gasteiger charge is -2.31. The molecule has 130 valence electrons. The first-order valence-electron chi connectivity index (χ1n) is 8.01. The van der Waals surface area contributed by atoms with Crippen LogP contribution in [-0.2, 0) is 4.79 Å². The quantitative estimate of drug-likeness (QED) is 0.552. The fraction of sp³-hybridized carbons (Fsp3) is 0.167. The number of H-pyrrole nitrogens is 1. The predicted molar refractivity (Wildman–Crippen MR) is 97.8 cm³/mol. The Balaban J connectivity index is 2.10. The summed E-state index contributed by atoms with van der Waals surface area (Å²) in [4.78, 5) is 34.0. The molecule has 0 aliphatic carbocycles. The van der Waals surface area contributed by atoms with Crippen molar-refractivity contribution in [2.45, 2.75) is 18.2 Å². The molecule has 1 aliphatic rings. The number of aromatic nitrogens is 4. The summed E-state index contributed by atoms with van der Waals surface area (Å²) >= 11 is 1.34. The molecule has 26 heavy (non-hydrogen) atoms. The molecule has 7 nitrogen and oxygen atoms in total. The molecule has 0 saturated heterocycles. The molecule has 0 spiro atoms. The molecular formula is C18H16N5O2S+. The minimum absolute atomic E-state index is 0.141. The topological polar surface area (TPSA) is 82.8 Å². The van der Waals surface area contributed by atoms with E-state index in [0.29, 0.717) is 22.1 Å². The Morgan fingerprint density at radius 1 is 1.27 bits per heavy atom. The van der Waals surface area contributed by atoms with E-state index in [1.54, 1.807) is 28.0 Å². The fourth-order valence-electron chi connectivity index (χ4n) is 3.23. The van der Waals surface area contributed by atoms with Crippen LogP contribution in [0.4, 0.5) is 5.69 Å². The van der Waals surface area contributed by atoms with Gasteiger partial charge in [-0.3, -0.25) is 19.6 Å². The molecule has 0 radical (unpaired) electrons. The maximum Gasteiger partial charge on any atom is 0.325 e. The van der Waals surface area contributed by atoms with Gasteiger partial charge in [0.05, 0.1) is 16.8 Å². The highest BCUT2D eigenvalue weighted by atomic mass is 32.2. The Kier molecular flexibility index (Phi) is 4.04. The number of benzene rings is 1. The van der Waals surface area contributed by atoms with Crippen LogP contribution in [0.15, 0.2) is 58.7 Å². The highest BCUT2D eigenvalue weighted by molar-refractivity contribution is 7.98. The number of carbonyl (C=O) groups is 1. The Hall–Kier alpha value is -3.00. The van der Waals surface area contributed by atoms with Crippen molar-refractivity contribution in [2.24, 2.45) is 0 Å². The van der Waals surface area contributed by atoms with Gasteiger partial charge in [0.25, 0.3) is 6.17 Å². The Bertz CT molecular complexity index is 1050. The molecule has 4 rings (SSSR count). The van der Waals surface area contributed by atoms with Gasteiger partial charge in [0.1, 0.15) is 0 Å². The first-order valence-corrected chi connectivity index (χ1v) is 9.23. The van der Waals surface area contributed by atoms with Crippen molar-refractivity contribution >= 4 is 23.4 Å². The number of para-hydroxylation sites is 1. The normalized spacial score (nSPS) is 15.3. The number of nitrogens with zero attached hydrogens (tertiary/aromatic N) is 4. The zero-order valence-corrected chi connectivity index (χ0v) is 15.0. The van der Waals surface area contributed by atoms with E-state index in [2.05, 4.69) is 15.1 Å². The molecule has 1 amide bonds. The van der Waals surface area contributed by atoms with Gasteiger partial charge >= 0.3 is 11.3 Å². The van der Waals surface area contributed by atoms with Crippen LogP contribution in [0, 0.1) is 0 Å². The summed E-state index contributed by atoms with van der Waals surface area (Å²) in [6.45, 7) is 1.51. The van der Waals surface area contributed by atoms with Crippen LogP contribution < -0.4 is 15.1 Å². The molecule has 2 aromatic heterocycles. The van der Waals surface area contributed by atoms with E-state index in [4.69, 9.17) is 0 Å². The van der Waals surface area contributed by atoms with E-state index in [1.807, 2.05) is 36.6 Å². The lowest BCUT2D eigenvalue weighted by atomic mass is 10.0. The number of carbonyl (C=O) groups excluding carboxylic acids is 1. The largest absolute Gasteiger partial charge is 0.325 e. The monoisotopic (exact) mass is 366 g/mol. The maximum absolute atomic E-state index is 12.8. The highest BCUT2D eigenvalue weighted by Crippen LogP contribution is 2.36. The zero-order valence-electron chi connectivity index (χ0n) is 14.2. The molecule has 0 fully saturated rings. The van der Waals surface area contributed by atoms with Gasteiger partial charge in [-0.05, 0) is 35.2 Å². The summed E-state index contributed by atoms with van der Waals surface area (Å²) < 4.78 is 1.62. The van der Waals surface area contributed by atoms with Gasteiger partial charge in [-0.1, -0.05) is 23.9 Å². The molecule has 3 aromatic rings. The lowest BCUT2D eigenvalue weighted by molar-refractivity contribution is -0.763. The van der Waals surface area contributed by atoms with Gasteiger partial charge in [0.2, 0.25) is 11.1 Å². The van der Waals surface area contributed by atoms with Gasteiger partial charge in [0, 0.05) is 24.4 Å². The molecule has 8 heteroatoms. The number of anilines is 1. The van der Waals surface area contributed by atoms with E-state index in [-0.39, 0.29) is 11.5 Å². The standard InChI is InChI=1S/C18H15N5O2S/c1-11(24)22-14-8-4-3-7-13(14)15-16(25)20-18(26-2)21-23(15)17(22)12-6-5-9-19-10-12/h3-10,17H,1-2H3/p+1/t17-/m1/s1. The zero-order chi connectivity index (χ0) is 18.3. The van der Waals surface area contributed by atoms with E-state index in [1.165, 1.54) is 18.7 Å². The molecular weight excluding hydrogens is 350 g/mol. The minimum atomic E-state index is -0.584. The number of pyridine rings is 1. The first-order chi connectivity index (χ1) is 12.6. The average Bonchev–Trinajstić information content (AvgIpc) is 2.66. The van der Waals surface area contributed by atoms with Crippen LogP contribution in [-0.4, -0.2) is 27.2 Å². The van der Waals surface area contributed by atoms with Gasteiger partial charge in [-0.15, -0.1) is 0 Å². The van der Waals surface area contributed by atoms with E-state index >= 15 is 0 Å². The number of hydrogen-bond donors (Lipinski definition) is 1. The van der Waals surface area contributed by atoms with Gasteiger partial charge < -0.3 is 0 Å². The molecule has 1 atom stereocenters. The van der Waals surface area contributed by atoms with Crippen molar-refractivity contribution in [3.8, 4) is 11.3 Å². The van der Waals surface area contributed by atoms with E-state index in [9.17, 15) is 9.59 Å². The second-order valence-electron chi connectivity index (χ2n) is 5.82. The van der Waals surface area contributed by atoms with Crippen molar-refractivity contribution in [2.75, 3.05) is 11.2 Å². The van der Waals surface area contributed by atoms with Crippen LogP contribution in [0.3, 0.4) is 0 Å². The second kappa shape index (κ2) is 6.38. The highest BCUT2D eigenvalue weighted by Gasteiger charge is 2.44. The molecule has 0 bridgehead atoms. The summed E-state index contributed by atoms with van der Waals surface area (Å²) in [5.74, 6) is -0.141. The summed E-state index contributed by atoms with van der Waals surface area (Å²) in [7, 11) is 0. The molecule has 3 heterocycles. The Labute approximate surface area is 153 Å². The van der Waals surface area contributed by atoms with Crippen molar-refractivity contribution in [3.05, 3.63) is 64.7 Å². The smallest absolute Gasteiger partial charge is 0.291 e. The number of nitrogens with one attached hydrogen (secondary N) is 1. The Morgan fingerprint density at radius 2 is 2.08 bits per heavy atom. The third-order valence-electron chi connectivity index (χ3n) is 4.27. The van der Waals surface area contributed by atoms with Crippen LogP contribution in [0.2, 0.25) is 0 Å². The lowest BCUT2D eigenvalue weighted by Crippen LogP contribution is -2.60. The first kappa shape index (κ1) is 16.5. The van der Waals surface area contributed by atoms with Crippen LogP contribution >= 0.6 is 11.8 Å². The van der Waals surface area contributed by atoms with Crippen LogP contribution in [0.5, 0.6) is 0 Å². The molecule has 0 unspecified atom stereocenters. The molecule has 1 N–H and O–H groups in total. The van der Waals surface area contributed by atoms with Crippen molar-refractivity contribution in [3.63, 3.8) is 0 Å². The predicted octanol–water partition coefficient (Wildman–Crippen LogP) is 1.75. The SMILES string of the molecule is CSc1n[n+]2c(c(=O)[nH]1)-c1ccccc1N(C(C)=O)[C@H]2c1cccnc1. The number of amides is 1. The minimum Gasteiger partial charge on any atom is -0.291 e. The van der Waals surface area contributed by atoms with E-state index in [0.717, 1.165) is 5.56 Å². The molecule has 1 aliphatic heterocycles. The summed E-state index contributed by atoms with van der Waals surface area (Å²) in [5.41, 5.74) is 2.30. The van der Waals surface area contributed by atoms with Crippen molar-refractivity contribution < 1.29 is 9.48 Å². The third-order valence-corrected chi connectivity index (χ3v) is 4.84.